The lowest BCUT2D eigenvalue weighted by molar-refractivity contribution is 0.0689. The summed E-state index contributed by atoms with van der Waals surface area (Å²) in [6.07, 6.45) is 0. The van der Waals surface area contributed by atoms with E-state index < -0.39 is 5.97 Å². The Kier molecular flexibility index (Phi) is 4.01. The monoisotopic (exact) mass is 387 g/mol. The van der Waals surface area contributed by atoms with Crippen molar-refractivity contribution >= 4 is 49.6 Å². The summed E-state index contributed by atoms with van der Waals surface area (Å²) in [6, 6.07) is 6.89. The van der Waals surface area contributed by atoms with Crippen LogP contribution in [0, 0.1) is 0 Å². The fourth-order valence-electron chi connectivity index (χ4n) is 1.38. The molecule has 0 aliphatic rings. The van der Waals surface area contributed by atoms with Gasteiger partial charge in [0.25, 0.3) is 5.91 Å². The summed E-state index contributed by atoms with van der Waals surface area (Å²) in [5.74, 6) is -1.38. The van der Waals surface area contributed by atoms with Gasteiger partial charge in [-0.2, -0.15) is 5.10 Å². The maximum absolute atomic E-state index is 12.0. The van der Waals surface area contributed by atoms with E-state index in [0.717, 1.165) is 0 Å². The van der Waals surface area contributed by atoms with Crippen LogP contribution in [0.2, 0.25) is 0 Å². The van der Waals surface area contributed by atoms with Crippen molar-refractivity contribution in [3.8, 4) is 0 Å². The minimum absolute atomic E-state index is 0.192. The number of aromatic nitrogens is 2. The SMILES string of the molecule is O=C(Nc1[nH]nc(C(=O)O)c1Br)c1ccccc1Br. The van der Waals surface area contributed by atoms with Gasteiger partial charge in [0.05, 0.1) is 10.0 Å². The van der Waals surface area contributed by atoms with Gasteiger partial charge in [-0.1, -0.05) is 12.1 Å². The van der Waals surface area contributed by atoms with Crippen molar-refractivity contribution < 1.29 is 14.7 Å². The Hall–Kier alpha value is -1.67. The number of carboxylic acids is 1. The van der Waals surface area contributed by atoms with Crippen molar-refractivity contribution in [2.75, 3.05) is 5.32 Å². The average molecular weight is 389 g/mol. The molecule has 6 nitrogen and oxygen atoms in total. The number of halogens is 2. The summed E-state index contributed by atoms with van der Waals surface area (Å²) in [5, 5.41) is 17.4. The number of carbonyl (C=O) groups excluding carboxylic acids is 1. The lowest BCUT2D eigenvalue weighted by atomic mass is 10.2. The van der Waals surface area contributed by atoms with Crippen molar-refractivity contribution in [2.24, 2.45) is 0 Å². The normalized spacial score (nSPS) is 10.2. The predicted molar refractivity (Wildman–Crippen MR) is 75.3 cm³/mol. The fraction of sp³-hybridized carbons (Fsp3) is 0. The highest BCUT2D eigenvalue weighted by Crippen LogP contribution is 2.25. The van der Waals surface area contributed by atoms with Crippen molar-refractivity contribution in [1.29, 1.82) is 0 Å². The molecule has 0 aliphatic heterocycles. The standard InChI is InChI=1S/C11H7Br2N3O3/c12-6-4-2-1-3-5(6)10(17)14-9-7(13)8(11(18)19)15-16-9/h1-4H,(H,18,19)(H2,14,15,16,17). The Morgan fingerprint density at radius 1 is 1.26 bits per heavy atom. The number of carbonyl (C=O) groups is 2. The van der Waals surface area contributed by atoms with E-state index in [-0.39, 0.29) is 21.9 Å². The smallest absolute Gasteiger partial charge is 0.357 e. The minimum atomic E-state index is -1.19. The average Bonchev–Trinajstić information content (AvgIpc) is 2.71. The van der Waals surface area contributed by atoms with Gasteiger partial charge in [-0.25, -0.2) is 4.79 Å². The Morgan fingerprint density at radius 2 is 1.95 bits per heavy atom. The van der Waals surface area contributed by atoms with Crippen LogP contribution in [0.15, 0.2) is 33.2 Å². The number of hydrogen-bond donors (Lipinski definition) is 3. The molecule has 2 aromatic rings. The molecule has 98 valence electrons. The summed E-state index contributed by atoms with van der Waals surface area (Å²) in [7, 11) is 0. The van der Waals surface area contributed by atoms with Crippen molar-refractivity contribution in [1.82, 2.24) is 10.2 Å². The molecule has 0 unspecified atom stereocenters. The van der Waals surface area contributed by atoms with E-state index >= 15 is 0 Å². The molecule has 1 aromatic heterocycles. The second-order valence-corrected chi connectivity index (χ2v) is 5.15. The van der Waals surface area contributed by atoms with Crippen LogP contribution in [0.3, 0.4) is 0 Å². The zero-order valence-corrected chi connectivity index (χ0v) is 12.4. The molecule has 0 saturated carbocycles. The number of rotatable bonds is 3. The van der Waals surface area contributed by atoms with Gasteiger partial charge in [0.2, 0.25) is 0 Å². The first kappa shape index (κ1) is 13.8. The lowest BCUT2D eigenvalue weighted by Crippen LogP contribution is -2.13. The molecule has 1 amide bonds. The maximum Gasteiger partial charge on any atom is 0.357 e. The fourth-order valence-corrected chi connectivity index (χ4v) is 2.29. The minimum Gasteiger partial charge on any atom is -0.476 e. The molecule has 0 atom stereocenters. The largest absolute Gasteiger partial charge is 0.476 e. The van der Waals surface area contributed by atoms with Gasteiger partial charge >= 0.3 is 5.97 Å². The van der Waals surface area contributed by atoms with Crippen LogP contribution < -0.4 is 5.32 Å². The third kappa shape index (κ3) is 2.85. The summed E-state index contributed by atoms with van der Waals surface area (Å²) in [5.41, 5.74) is 0.239. The second-order valence-electron chi connectivity index (χ2n) is 3.50. The molecule has 2 rings (SSSR count). The van der Waals surface area contributed by atoms with Gasteiger partial charge in [-0.15, -0.1) is 0 Å². The lowest BCUT2D eigenvalue weighted by Gasteiger charge is -2.05. The zero-order chi connectivity index (χ0) is 14.0. The number of anilines is 1. The number of aromatic carboxylic acids is 1. The Balaban J connectivity index is 2.25. The number of H-pyrrole nitrogens is 1. The second kappa shape index (κ2) is 5.54. The molecule has 19 heavy (non-hydrogen) atoms. The third-order valence-corrected chi connectivity index (χ3v) is 3.73. The number of benzene rings is 1. The van der Waals surface area contributed by atoms with E-state index in [1.807, 2.05) is 0 Å². The van der Waals surface area contributed by atoms with Gasteiger partial charge in [0.1, 0.15) is 5.82 Å². The number of aromatic amines is 1. The van der Waals surface area contributed by atoms with E-state index in [1.165, 1.54) is 0 Å². The Morgan fingerprint density at radius 3 is 2.53 bits per heavy atom. The Labute approximate surface area is 124 Å². The van der Waals surface area contributed by atoms with Gasteiger partial charge in [-0.3, -0.25) is 9.89 Å². The number of nitrogens with one attached hydrogen (secondary N) is 2. The molecular weight excluding hydrogens is 382 g/mol. The van der Waals surface area contributed by atoms with Gasteiger partial charge < -0.3 is 10.4 Å². The van der Waals surface area contributed by atoms with Crippen molar-refractivity contribution in [2.45, 2.75) is 0 Å². The highest BCUT2D eigenvalue weighted by molar-refractivity contribution is 9.11. The quantitative estimate of drug-likeness (QED) is 0.753. The summed E-state index contributed by atoms with van der Waals surface area (Å²) in [6.45, 7) is 0. The third-order valence-electron chi connectivity index (χ3n) is 2.27. The first-order valence-corrected chi connectivity index (χ1v) is 6.62. The van der Waals surface area contributed by atoms with Crippen LogP contribution in [-0.2, 0) is 0 Å². The molecule has 0 spiro atoms. The number of hydrogen-bond acceptors (Lipinski definition) is 3. The van der Waals surface area contributed by atoms with E-state index in [1.54, 1.807) is 24.3 Å². The van der Waals surface area contributed by atoms with Gasteiger partial charge in [0.15, 0.2) is 5.69 Å². The highest BCUT2D eigenvalue weighted by Gasteiger charge is 2.19. The molecular formula is C11H7Br2N3O3. The van der Waals surface area contributed by atoms with E-state index in [4.69, 9.17) is 5.11 Å². The van der Waals surface area contributed by atoms with Crippen molar-refractivity contribution in [3.05, 3.63) is 44.5 Å². The molecule has 1 aromatic carbocycles. The first-order chi connectivity index (χ1) is 9.00. The highest BCUT2D eigenvalue weighted by atomic mass is 79.9. The van der Waals surface area contributed by atoms with E-state index in [9.17, 15) is 9.59 Å². The molecule has 3 N–H and O–H groups in total. The zero-order valence-electron chi connectivity index (χ0n) is 9.28. The molecule has 0 saturated heterocycles. The summed E-state index contributed by atoms with van der Waals surface area (Å²) in [4.78, 5) is 22.8. The van der Waals surface area contributed by atoms with Crippen LogP contribution in [0.5, 0.6) is 0 Å². The molecule has 1 heterocycles. The van der Waals surface area contributed by atoms with Crippen molar-refractivity contribution in [3.63, 3.8) is 0 Å². The Bertz CT molecular complexity index is 654. The summed E-state index contributed by atoms with van der Waals surface area (Å²) < 4.78 is 0.835. The van der Waals surface area contributed by atoms with E-state index in [0.29, 0.717) is 10.0 Å². The number of amides is 1. The van der Waals surface area contributed by atoms with Crippen LogP contribution in [0.25, 0.3) is 0 Å². The molecule has 0 radical (unpaired) electrons. The first-order valence-electron chi connectivity index (χ1n) is 5.03. The van der Waals surface area contributed by atoms with E-state index in [2.05, 4.69) is 47.4 Å². The number of nitrogens with zero attached hydrogens (tertiary/aromatic N) is 1. The van der Waals surface area contributed by atoms with Gasteiger partial charge in [-0.05, 0) is 44.0 Å². The maximum atomic E-state index is 12.0. The molecule has 0 aliphatic carbocycles. The topological polar surface area (TPSA) is 95.1 Å². The van der Waals surface area contributed by atoms with Crippen LogP contribution in [0.1, 0.15) is 20.8 Å². The summed E-state index contributed by atoms with van der Waals surface area (Å²) >= 11 is 6.34. The van der Waals surface area contributed by atoms with Crippen LogP contribution >= 0.6 is 31.9 Å². The van der Waals surface area contributed by atoms with Gasteiger partial charge in [0, 0.05) is 4.47 Å². The number of carboxylic acid groups (broad SMARTS) is 1. The van der Waals surface area contributed by atoms with Crippen LogP contribution in [-0.4, -0.2) is 27.2 Å². The molecule has 0 bridgehead atoms. The van der Waals surface area contributed by atoms with Crippen LogP contribution in [0.4, 0.5) is 5.82 Å². The predicted octanol–water partition coefficient (Wildman–Crippen LogP) is 2.89. The molecule has 8 heteroatoms. The molecule has 0 fully saturated rings.